The smallest absolute Gasteiger partial charge is 0.286 e. The fourth-order valence-corrected chi connectivity index (χ4v) is 3.34. The molecule has 0 aromatic heterocycles. The normalized spacial score (nSPS) is 15.1. The SMILES string of the molecule is CC(=O)NC1=NC(=O)/C(=C/c2ccccc2OCc2ccc(Br)cc2)S1. The van der Waals surface area contributed by atoms with Crippen molar-refractivity contribution in [2.24, 2.45) is 4.99 Å². The molecule has 0 unspecified atom stereocenters. The van der Waals surface area contributed by atoms with E-state index in [1.165, 1.54) is 6.92 Å². The maximum absolute atomic E-state index is 12.0. The third-order valence-electron chi connectivity index (χ3n) is 3.42. The highest BCUT2D eigenvalue weighted by molar-refractivity contribution is 9.10. The lowest BCUT2D eigenvalue weighted by Gasteiger charge is -2.10. The quantitative estimate of drug-likeness (QED) is 0.740. The molecule has 1 N–H and O–H groups in total. The fourth-order valence-electron chi connectivity index (χ4n) is 2.23. The van der Waals surface area contributed by atoms with Gasteiger partial charge in [0.2, 0.25) is 5.91 Å². The van der Waals surface area contributed by atoms with E-state index < -0.39 is 0 Å². The van der Waals surface area contributed by atoms with Crippen LogP contribution in [0.4, 0.5) is 0 Å². The minimum absolute atomic E-state index is 0.261. The van der Waals surface area contributed by atoms with Gasteiger partial charge in [0, 0.05) is 17.0 Å². The monoisotopic (exact) mass is 430 g/mol. The number of amides is 2. The molecule has 0 aliphatic carbocycles. The molecule has 5 nitrogen and oxygen atoms in total. The number of nitrogens with zero attached hydrogens (tertiary/aromatic N) is 1. The number of carbonyl (C=O) groups excluding carboxylic acids is 2. The Kier molecular flexibility index (Phi) is 5.90. The molecule has 0 bridgehead atoms. The third kappa shape index (κ3) is 4.83. The van der Waals surface area contributed by atoms with Crippen LogP contribution < -0.4 is 10.1 Å². The van der Waals surface area contributed by atoms with E-state index in [9.17, 15) is 9.59 Å². The average molecular weight is 431 g/mol. The Morgan fingerprint density at radius 1 is 1.23 bits per heavy atom. The number of hydrogen-bond donors (Lipinski definition) is 1. The van der Waals surface area contributed by atoms with Crippen LogP contribution >= 0.6 is 27.7 Å². The first-order valence-corrected chi connectivity index (χ1v) is 9.38. The number of para-hydroxylation sites is 1. The van der Waals surface area contributed by atoms with Crippen LogP contribution in [-0.4, -0.2) is 17.0 Å². The number of nitrogens with one attached hydrogen (secondary N) is 1. The van der Waals surface area contributed by atoms with Crippen molar-refractivity contribution in [3.63, 3.8) is 0 Å². The van der Waals surface area contributed by atoms with E-state index in [1.807, 2.05) is 48.5 Å². The lowest BCUT2D eigenvalue weighted by atomic mass is 10.2. The third-order valence-corrected chi connectivity index (χ3v) is 4.84. The number of amidine groups is 1. The van der Waals surface area contributed by atoms with E-state index in [1.54, 1.807) is 6.08 Å². The maximum atomic E-state index is 12.0. The zero-order chi connectivity index (χ0) is 18.5. The van der Waals surface area contributed by atoms with Gasteiger partial charge in [-0.1, -0.05) is 46.3 Å². The van der Waals surface area contributed by atoms with E-state index >= 15 is 0 Å². The molecule has 0 saturated heterocycles. The van der Waals surface area contributed by atoms with E-state index in [2.05, 4.69) is 26.2 Å². The number of aliphatic imine (C=N–C) groups is 1. The molecule has 2 aromatic rings. The lowest BCUT2D eigenvalue weighted by Crippen LogP contribution is -2.23. The second kappa shape index (κ2) is 8.33. The molecular formula is C19H15BrN2O3S. The Bertz CT molecular complexity index is 907. The van der Waals surface area contributed by atoms with Crippen LogP contribution in [-0.2, 0) is 16.2 Å². The number of carbonyl (C=O) groups is 2. The topological polar surface area (TPSA) is 67.8 Å². The standard InChI is InChI=1S/C19H15BrN2O3S/c1-12(23)21-19-22-18(24)17(26-19)10-14-4-2-3-5-16(14)25-11-13-6-8-15(20)9-7-13/h2-10H,11H2,1H3,(H,21,22,23,24)/b17-10-. The van der Waals surface area contributed by atoms with Crippen LogP contribution in [0.3, 0.4) is 0 Å². The molecule has 1 heterocycles. The zero-order valence-corrected chi connectivity index (χ0v) is 16.3. The molecule has 0 spiro atoms. The van der Waals surface area contributed by atoms with Crippen molar-refractivity contribution in [2.45, 2.75) is 13.5 Å². The Hall–Kier alpha value is -2.38. The Morgan fingerprint density at radius 2 is 1.96 bits per heavy atom. The van der Waals surface area contributed by atoms with Crippen molar-refractivity contribution in [1.29, 1.82) is 0 Å². The summed E-state index contributed by atoms with van der Waals surface area (Å²) in [5.74, 6) is 0.0364. The van der Waals surface area contributed by atoms with Gasteiger partial charge in [0.15, 0.2) is 5.17 Å². The number of halogens is 1. The summed E-state index contributed by atoms with van der Waals surface area (Å²) in [4.78, 5) is 27.4. The number of thioether (sulfide) groups is 1. The molecule has 132 valence electrons. The molecule has 0 atom stereocenters. The van der Waals surface area contributed by atoms with Gasteiger partial charge in [-0.15, -0.1) is 0 Å². The van der Waals surface area contributed by atoms with Crippen molar-refractivity contribution in [2.75, 3.05) is 0 Å². The highest BCUT2D eigenvalue weighted by Gasteiger charge is 2.22. The largest absolute Gasteiger partial charge is 0.488 e. The van der Waals surface area contributed by atoms with Crippen molar-refractivity contribution < 1.29 is 14.3 Å². The van der Waals surface area contributed by atoms with Gasteiger partial charge in [0.05, 0.1) is 4.91 Å². The van der Waals surface area contributed by atoms with Gasteiger partial charge in [-0.2, -0.15) is 4.99 Å². The van der Waals surface area contributed by atoms with Gasteiger partial charge in [0.1, 0.15) is 12.4 Å². The second-order valence-electron chi connectivity index (χ2n) is 5.47. The summed E-state index contributed by atoms with van der Waals surface area (Å²) in [5.41, 5.74) is 1.82. The molecule has 2 aromatic carbocycles. The molecule has 0 fully saturated rings. The average Bonchev–Trinajstić information content (AvgIpc) is 2.94. The fraction of sp³-hybridized carbons (Fsp3) is 0.105. The van der Waals surface area contributed by atoms with Gasteiger partial charge in [-0.05, 0) is 41.6 Å². The van der Waals surface area contributed by atoms with Gasteiger partial charge in [-0.25, -0.2) is 0 Å². The van der Waals surface area contributed by atoms with E-state index in [4.69, 9.17) is 4.74 Å². The highest BCUT2D eigenvalue weighted by Crippen LogP contribution is 2.30. The first-order chi connectivity index (χ1) is 12.5. The molecule has 0 radical (unpaired) electrons. The molecule has 1 aliphatic rings. The molecule has 26 heavy (non-hydrogen) atoms. The number of rotatable bonds is 4. The first kappa shape index (κ1) is 18.4. The van der Waals surface area contributed by atoms with Crippen molar-refractivity contribution >= 4 is 50.7 Å². The maximum Gasteiger partial charge on any atom is 0.286 e. The van der Waals surface area contributed by atoms with Gasteiger partial charge in [-0.3, -0.25) is 9.59 Å². The summed E-state index contributed by atoms with van der Waals surface area (Å²) >= 11 is 4.54. The van der Waals surface area contributed by atoms with Crippen molar-refractivity contribution in [3.05, 3.63) is 69.0 Å². The van der Waals surface area contributed by atoms with Gasteiger partial charge < -0.3 is 10.1 Å². The van der Waals surface area contributed by atoms with Crippen LogP contribution in [0.5, 0.6) is 5.75 Å². The summed E-state index contributed by atoms with van der Waals surface area (Å²) in [6.07, 6.45) is 1.72. The summed E-state index contributed by atoms with van der Waals surface area (Å²) in [5, 5.41) is 2.82. The highest BCUT2D eigenvalue weighted by atomic mass is 79.9. The van der Waals surface area contributed by atoms with Gasteiger partial charge in [0.25, 0.3) is 5.91 Å². The van der Waals surface area contributed by atoms with Crippen LogP contribution in [0.1, 0.15) is 18.1 Å². The van der Waals surface area contributed by atoms with E-state index in [0.29, 0.717) is 22.4 Å². The van der Waals surface area contributed by atoms with Crippen LogP contribution in [0.2, 0.25) is 0 Å². The summed E-state index contributed by atoms with van der Waals surface area (Å²) in [7, 11) is 0. The zero-order valence-electron chi connectivity index (χ0n) is 13.9. The van der Waals surface area contributed by atoms with Gasteiger partial charge >= 0.3 is 0 Å². The van der Waals surface area contributed by atoms with Crippen LogP contribution in [0.25, 0.3) is 6.08 Å². The molecule has 7 heteroatoms. The Labute approximate surface area is 163 Å². The summed E-state index contributed by atoms with van der Waals surface area (Å²) < 4.78 is 6.92. The van der Waals surface area contributed by atoms with Crippen LogP contribution in [0, 0.1) is 0 Å². The first-order valence-electron chi connectivity index (χ1n) is 7.78. The van der Waals surface area contributed by atoms with E-state index in [-0.39, 0.29) is 11.8 Å². The van der Waals surface area contributed by atoms with E-state index in [0.717, 1.165) is 27.4 Å². The molecule has 2 amide bonds. The molecular weight excluding hydrogens is 416 g/mol. The molecule has 1 aliphatic heterocycles. The predicted octanol–water partition coefficient (Wildman–Crippen LogP) is 4.13. The minimum Gasteiger partial charge on any atom is -0.488 e. The second-order valence-corrected chi connectivity index (χ2v) is 7.41. The Balaban J connectivity index is 1.74. The summed E-state index contributed by atoms with van der Waals surface area (Å²) in [6.45, 7) is 1.79. The van der Waals surface area contributed by atoms with Crippen molar-refractivity contribution in [3.8, 4) is 5.75 Å². The lowest BCUT2D eigenvalue weighted by molar-refractivity contribution is -0.117. The summed E-state index contributed by atoms with van der Waals surface area (Å²) in [6, 6.07) is 15.4. The predicted molar refractivity (Wildman–Crippen MR) is 107 cm³/mol. The Morgan fingerprint density at radius 3 is 2.69 bits per heavy atom. The van der Waals surface area contributed by atoms with Crippen LogP contribution in [0.15, 0.2) is 62.9 Å². The number of benzene rings is 2. The van der Waals surface area contributed by atoms with Crippen molar-refractivity contribution in [1.82, 2.24) is 5.32 Å². The molecule has 0 saturated carbocycles. The number of hydrogen-bond acceptors (Lipinski definition) is 4. The number of ether oxygens (including phenoxy) is 1. The molecule has 3 rings (SSSR count). The minimum atomic E-state index is -0.374.